The van der Waals surface area contributed by atoms with Crippen LogP contribution in [-0.2, 0) is 16.6 Å². The Morgan fingerprint density at radius 3 is 2.57 bits per heavy atom. The predicted octanol–water partition coefficient (Wildman–Crippen LogP) is 3.81. The highest BCUT2D eigenvalue weighted by Gasteiger charge is 2.25. The summed E-state index contributed by atoms with van der Waals surface area (Å²) in [7, 11) is -3.17. The standard InChI is InChI=1S/C25H28FN5O3S/c1-35(33,34)31-11-9-17(10-12-31)18-6-4-7-20(13-18)30-24-14-23(21(16-29-24)25(27)32)28-15-19-5-2-3-8-22(19)26/h2-8,13-14,16-17H,9-12,15H2,1H3,(H2,27,32)(H2,28,29,30). The lowest BCUT2D eigenvalue weighted by Gasteiger charge is -2.30. The van der Waals surface area contributed by atoms with Gasteiger partial charge in [-0.05, 0) is 42.5 Å². The van der Waals surface area contributed by atoms with E-state index in [1.54, 1.807) is 24.3 Å². The van der Waals surface area contributed by atoms with Crippen LogP contribution in [0.25, 0.3) is 0 Å². The molecular weight excluding hydrogens is 469 g/mol. The highest BCUT2D eigenvalue weighted by atomic mass is 32.2. The molecule has 4 rings (SSSR count). The van der Waals surface area contributed by atoms with E-state index < -0.39 is 15.9 Å². The van der Waals surface area contributed by atoms with Crippen LogP contribution in [0.4, 0.5) is 21.6 Å². The summed E-state index contributed by atoms with van der Waals surface area (Å²) in [5, 5.41) is 6.33. The summed E-state index contributed by atoms with van der Waals surface area (Å²) in [5.41, 5.74) is 8.55. The van der Waals surface area contributed by atoms with E-state index >= 15 is 0 Å². The number of nitrogens with zero attached hydrogens (tertiary/aromatic N) is 2. The summed E-state index contributed by atoms with van der Waals surface area (Å²) < 4.78 is 39.1. The molecule has 1 aromatic heterocycles. The molecule has 0 atom stereocenters. The monoisotopic (exact) mass is 497 g/mol. The van der Waals surface area contributed by atoms with E-state index in [1.807, 2.05) is 24.3 Å². The van der Waals surface area contributed by atoms with E-state index in [2.05, 4.69) is 15.6 Å². The molecule has 1 amide bonds. The molecule has 1 aliphatic heterocycles. The molecule has 0 saturated carbocycles. The van der Waals surface area contributed by atoms with Crippen LogP contribution in [0.1, 0.15) is 40.2 Å². The van der Waals surface area contributed by atoms with Crippen molar-refractivity contribution in [2.75, 3.05) is 30.0 Å². The number of benzene rings is 2. The van der Waals surface area contributed by atoms with Gasteiger partial charge in [-0.15, -0.1) is 0 Å². The number of aromatic nitrogens is 1. The lowest BCUT2D eigenvalue weighted by molar-refractivity contribution is 0.100. The van der Waals surface area contributed by atoms with Crippen molar-refractivity contribution in [1.82, 2.24) is 9.29 Å². The zero-order valence-electron chi connectivity index (χ0n) is 19.4. The zero-order valence-corrected chi connectivity index (χ0v) is 20.2. The van der Waals surface area contributed by atoms with Crippen molar-refractivity contribution in [2.45, 2.75) is 25.3 Å². The number of amides is 1. The number of halogens is 1. The van der Waals surface area contributed by atoms with Gasteiger partial charge in [0.05, 0.1) is 17.5 Å². The third kappa shape index (κ3) is 6.14. The Kier molecular flexibility index (Phi) is 7.32. The molecule has 1 fully saturated rings. The number of hydrogen-bond donors (Lipinski definition) is 3. The Balaban J connectivity index is 1.49. The molecule has 2 aromatic carbocycles. The maximum Gasteiger partial charge on any atom is 0.252 e. The molecule has 1 aliphatic rings. The van der Waals surface area contributed by atoms with Gasteiger partial charge in [-0.2, -0.15) is 0 Å². The smallest absolute Gasteiger partial charge is 0.252 e. The fraction of sp³-hybridized carbons (Fsp3) is 0.280. The molecule has 0 unspecified atom stereocenters. The van der Waals surface area contributed by atoms with Crippen LogP contribution in [0.2, 0.25) is 0 Å². The Labute approximate surface area is 204 Å². The number of hydrogen-bond acceptors (Lipinski definition) is 6. The van der Waals surface area contributed by atoms with Gasteiger partial charge in [-0.1, -0.05) is 30.3 Å². The largest absolute Gasteiger partial charge is 0.380 e. The second kappa shape index (κ2) is 10.4. The van der Waals surface area contributed by atoms with Gasteiger partial charge in [0.2, 0.25) is 10.0 Å². The SMILES string of the molecule is CS(=O)(=O)N1CCC(c2cccc(Nc3cc(NCc4ccccc4F)c(C(N)=O)cn3)c2)CC1. The lowest BCUT2D eigenvalue weighted by Crippen LogP contribution is -2.37. The average Bonchev–Trinajstić information content (AvgIpc) is 2.83. The van der Waals surface area contributed by atoms with Crippen molar-refractivity contribution >= 4 is 33.1 Å². The number of anilines is 3. The lowest BCUT2D eigenvalue weighted by atomic mass is 9.90. The van der Waals surface area contributed by atoms with Crippen LogP contribution in [0.3, 0.4) is 0 Å². The normalized spacial score (nSPS) is 15.0. The first-order valence-electron chi connectivity index (χ1n) is 11.3. The number of nitrogens with two attached hydrogens (primary N) is 1. The Morgan fingerprint density at radius 2 is 1.89 bits per heavy atom. The molecule has 1 saturated heterocycles. The van der Waals surface area contributed by atoms with Crippen molar-refractivity contribution in [3.63, 3.8) is 0 Å². The topological polar surface area (TPSA) is 117 Å². The number of carbonyl (C=O) groups excluding carboxylic acids is 1. The van der Waals surface area contributed by atoms with E-state index in [4.69, 9.17) is 5.73 Å². The van der Waals surface area contributed by atoms with Gasteiger partial charge < -0.3 is 16.4 Å². The van der Waals surface area contributed by atoms with Crippen molar-refractivity contribution in [1.29, 1.82) is 0 Å². The highest BCUT2D eigenvalue weighted by molar-refractivity contribution is 7.88. The van der Waals surface area contributed by atoms with Gasteiger partial charge in [0.25, 0.3) is 5.91 Å². The zero-order chi connectivity index (χ0) is 25.0. The second-order valence-electron chi connectivity index (χ2n) is 8.61. The van der Waals surface area contributed by atoms with Crippen molar-refractivity contribution in [2.24, 2.45) is 5.73 Å². The van der Waals surface area contributed by atoms with E-state index in [1.165, 1.54) is 22.8 Å². The fourth-order valence-corrected chi connectivity index (χ4v) is 5.11. The van der Waals surface area contributed by atoms with Crippen LogP contribution in [0, 0.1) is 5.82 Å². The van der Waals surface area contributed by atoms with Crippen molar-refractivity contribution < 1.29 is 17.6 Å². The molecule has 0 radical (unpaired) electrons. The number of pyridine rings is 1. The molecule has 0 spiro atoms. The highest BCUT2D eigenvalue weighted by Crippen LogP contribution is 2.31. The first-order chi connectivity index (χ1) is 16.7. The molecule has 184 valence electrons. The first-order valence-corrected chi connectivity index (χ1v) is 13.1. The summed E-state index contributed by atoms with van der Waals surface area (Å²) in [6.45, 7) is 1.20. The summed E-state index contributed by atoms with van der Waals surface area (Å²) in [6, 6.07) is 16.0. The minimum absolute atomic E-state index is 0.179. The number of rotatable bonds is 8. The van der Waals surface area contributed by atoms with Crippen LogP contribution in [0.15, 0.2) is 60.8 Å². The van der Waals surface area contributed by atoms with Gasteiger partial charge in [0.15, 0.2) is 0 Å². The third-order valence-corrected chi connectivity index (χ3v) is 7.45. The molecule has 8 nitrogen and oxygen atoms in total. The molecular formula is C25H28FN5O3S. The van der Waals surface area contributed by atoms with Crippen molar-refractivity contribution in [3.8, 4) is 0 Å². The number of nitrogens with one attached hydrogen (secondary N) is 2. The van der Waals surface area contributed by atoms with E-state index in [0.717, 1.165) is 24.1 Å². The molecule has 4 N–H and O–H groups in total. The van der Waals surface area contributed by atoms with Gasteiger partial charge >= 0.3 is 0 Å². The number of piperidine rings is 1. The van der Waals surface area contributed by atoms with Gasteiger partial charge in [0.1, 0.15) is 11.6 Å². The average molecular weight is 498 g/mol. The summed E-state index contributed by atoms with van der Waals surface area (Å²) in [5.74, 6) is -0.220. The van der Waals surface area contributed by atoms with Gasteiger partial charge in [0, 0.05) is 43.1 Å². The predicted molar refractivity (Wildman–Crippen MR) is 135 cm³/mol. The first kappa shape index (κ1) is 24.6. The molecule has 10 heteroatoms. The Morgan fingerprint density at radius 1 is 1.14 bits per heavy atom. The van der Waals surface area contributed by atoms with E-state index in [9.17, 15) is 17.6 Å². The van der Waals surface area contributed by atoms with Crippen LogP contribution >= 0.6 is 0 Å². The number of carbonyl (C=O) groups is 1. The maximum absolute atomic E-state index is 14.0. The molecule has 35 heavy (non-hydrogen) atoms. The summed E-state index contributed by atoms with van der Waals surface area (Å²) >= 11 is 0. The molecule has 3 aromatic rings. The van der Waals surface area contributed by atoms with Crippen molar-refractivity contribution in [3.05, 3.63) is 83.3 Å². The Hall–Kier alpha value is -3.50. The quantitative estimate of drug-likeness (QED) is 0.436. The number of primary amides is 1. The van der Waals surface area contributed by atoms with E-state index in [0.29, 0.717) is 30.2 Å². The summed E-state index contributed by atoms with van der Waals surface area (Å²) in [6.07, 6.45) is 4.14. The maximum atomic E-state index is 14.0. The second-order valence-corrected chi connectivity index (χ2v) is 10.6. The van der Waals surface area contributed by atoms with E-state index in [-0.39, 0.29) is 23.8 Å². The van der Waals surface area contributed by atoms with Crippen LogP contribution < -0.4 is 16.4 Å². The molecule has 0 aliphatic carbocycles. The van der Waals surface area contributed by atoms with Crippen LogP contribution in [0.5, 0.6) is 0 Å². The van der Waals surface area contributed by atoms with Crippen LogP contribution in [-0.4, -0.2) is 43.0 Å². The molecule has 2 heterocycles. The fourth-order valence-electron chi connectivity index (χ4n) is 4.24. The Bertz CT molecular complexity index is 1320. The van der Waals surface area contributed by atoms with Gasteiger partial charge in [-0.25, -0.2) is 22.1 Å². The minimum Gasteiger partial charge on any atom is -0.380 e. The molecule has 0 bridgehead atoms. The summed E-state index contributed by atoms with van der Waals surface area (Å²) in [4.78, 5) is 16.2. The van der Waals surface area contributed by atoms with Gasteiger partial charge in [-0.3, -0.25) is 4.79 Å². The number of sulfonamides is 1. The third-order valence-electron chi connectivity index (χ3n) is 6.15. The minimum atomic E-state index is -3.17.